The highest BCUT2D eigenvalue weighted by atomic mass is 16.5. The Kier molecular flexibility index (Phi) is 5.12. The minimum absolute atomic E-state index is 0.391. The highest BCUT2D eigenvalue weighted by molar-refractivity contribution is 6.10. The quantitative estimate of drug-likeness (QED) is 0.600. The Morgan fingerprint density at radius 2 is 1.76 bits per heavy atom. The number of imide groups is 1. The van der Waals surface area contributed by atoms with E-state index >= 15 is 0 Å². The molecule has 1 atom stereocenters. The van der Waals surface area contributed by atoms with Gasteiger partial charge >= 0.3 is 6.03 Å². The fraction of sp³-hybridized carbons (Fsp3) is 0.240. The molecule has 1 fully saturated rings. The lowest BCUT2D eigenvalue weighted by atomic mass is 9.91. The van der Waals surface area contributed by atoms with E-state index in [2.05, 4.69) is 10.6 Å². The van der Waals surface area contributed by atoms with Crippen LogP contribution in [0, 0.1) is 0 Å². The Labute approximate surface area is 190 Å². The maximum atomic E-state index is 13.2. The van der Waals surface area contributed by atoms with E-state index in [9.17, 15) is 14.4 Å². The molecule has 0 saturated carbocycles. The largest absolute Gasteiger partial charge is 0.490 e. The van der Waals surface area contributed by atoms with Gasteiger partial charge in [0.1, 0.15) is 12.1 Å². The van der Waals surface area contributed by atoms with E-state index in [0.29, 0.717) is 36.0 Å². The molecule has 0 unspecified atom stereocenters. The molecule has 5 rings (SSSR count). The first-order chi connectivity index (χ1) is 15.9. The molecule has 0 bridgehead atoms. The minimum Gasteiger partial charge on any atom is -0.490 e. The molecule has 2 N–H and O–H groups in total. The molecule has 8 nitrogen and oxygen atoms in total. The van der Waals surface area contributed by atoms with Crippen molar-refractivity contribution in [2.24, 2.45) is 0 Å². The van der Waals surface area contributed by atoms with Crippen LogP contribution in [0.2, 0.25) is 0 Å². The fourth-order valence-electron chi connectivity index (χ4n) is 4.12. The van der Waals surface area contributed by atoms with Crippen LogP contribution in [-0.4, -0.2) is 42.5 Å². The zero-order valence-electron chi connectivity index (χ0n) is 18.1. The second-order valence-corrected chi connectivity index (χ2v) is 8.27. The number of benzene rings is 3. The van der Waals surface area contributed by atoms with Gasteiger partial charge in [-0.1, -0.05) is 36.4 Å². The second kappa shape index (κ2) is 8.12. The van der Waals surface area contributed by atoms with Crippen molar-refractivity contribution < 1.29 is 23.9 Å². The van der Waals surface area contributed by atoms with Gasteiger partial charge in [-0.15, -0.1) is 0 Å². The summed E-state index contributed by atoms with van der Waals surface area (Å²) < 4.78 is 11.4. The number of ether oxygens (including phenoxy) is 2. The van der Waals surface area contributed by atoms with Crippen LogP contribution in [0.25, 0.3) is 10.8 Å². The predicted octanol–water partition coefficient (Wildman–Crippen LogP) is 3.41. The number of nitrogens with one attached hydrogen (secondary N) is 2. The smallest absolute Gasteiger partial charge is 0.325 e. The normalized spacial score (nSPS) is 19.8. The van der Waals surface area contributed by atoms with E-state index in [1.54, 1.807) is 31.2 Å². The molecule has 3 aromatic rings. The lowest BCUT2D eigenvalue weighted by Gasteiger charge is -2.23. The molecule has 33 heavy (non-hydrogen) atoms. The molecule has 0 radical (unpaired) electrons. The van der Waals surface area contributed by atoms with Crippen LogP contribution >= 0.6 is 0 Å². The van der Waals surface area contributed by atoms with E-state index < -0.39 is 29.9 Å². The Hall–Kier alpha value is -4.07. The van der Waals surface area contributed by atoms with Crippen molar-refractivity contribution in [2.75, 3.05) is 25.1 Å². The number of fused-ring (bicyclic) bond motifs is 2. The third-order valence-corrected chi connectivity index (χ3v) is 5.93. The Balaban J connectivity index is 1.32. The first-order valence-corrected chi connectivity index (χ1v) is 10.8. The van der Waals surface area contributed by atoms with E-state index in [-0.39, 0.29) is 0 Å². The number of urea groups is 1. The summed E-state index contributed by atoms with van der Waals surface area (Å²) in [4.78, 5) is 39.4. The van der Waals surface area contributed by atoms with Crippen LogP contribution in [0.5, 0.6) is 11.5 Å². The zero-order chi connectivity index (χ0) is 23.0. The number of rotatable bonds is 4. The molecule has 3 aromatic carbocycles. The lowest BCUT2D eigenvalue weighted by molar-refractivity contribution is -0.133. The summed E-state index contributed by atoms with van der Waals surface area (Å²) in [5.41, 5.74) is -0.163. The molecule has 4 amide bonds. The van der Waals surface area contributed by atoms with Crippen LogP contribution in [-0.2, 0) is 15.1 Å². The highest BCUT2D eigenvalue weighted by Gasteiger charge is 2.49. The molecule has 2 aliphatic heterocycles. The van der Waals surface area contributed by atoms with Crippen molar-refractivity contribution in [3.8, 4) is 11.5 Å². The summed E-state index contributed by atoms with van der Waals surface area (Å²) >= 11 is 0. The van der Waals surface area contributed by atoms with Gasteiger partial charge in [0.05, 0.1) is 13.2 Å². The van der Waals surface area contributed by atoms with Gasteiger partial charge in [0.2, 0.25) is 5.91 Å². The van der Waals surface area contributed by atoms with Crippen molar-refractivity contribution in [1.82, 2.24) is 10.2 Å². The fourth-order valence-corrected chi connectivity index (χ4v) is 4.12. The summed E-state index contributed by atoms with van der Waals surface area (Å²) in [6, 6.07) is 17.9. The number of carbonyl (C=O) groups excluding carboxylic acids is 3. The number of carbonyl (C=O) groups is 3. The predicted molar refractivity (Wildman–Crippen MR) is 122 cm³/mol. The summed E-state index contributed by atoms with van der Waals surface area (Å²) in [5.74, 6) is 0.163. The molecule has 8 heteroatoms. The molecule has 0 spiro atoms. The molecular weight excluding hydrogens is 422 g/mol. The summed E-state index contributed by atoms with van der Waals surface area (Å²) in [6.45, 7) is 2.29. The van der Waals surface area contributed by atoms with Crippen molar-refractivity contribution in [3.63, 3.8) is 0 Å². The molecule has 2 aliphatic rings. The van der Waals surface area contributed by atoms with Crippen molar-refractivity contribution in [3.05, 3.63) is 66.2 Å². The standard InChI is InChI=1S/C25H23N3O5/c1-25(18-8-10-20-21(14-18)33-12-4-11-32-20)23(30)28(24(31)27-25)15-22(29)26-19-9-7-16-5-2-3-6-17(16)13-19/h2-3,5-10,13-14H,4,11-12,15H2,1H3,(H,26,29)(H,27,31)/t25-/m1/s1. The van der Waals surface area contributed by atoms with E-state index in [1.807, 2.05) is 36.4 Å². The topological polar surface area (TPSA) is 97.0 Å². The summed E-state index contributed by atoms with van der Waals surface area (Å²) in [7, 11) is 0. The number of amides is 4. The first-order valence-electron chi connectivity index (χ1n) is 10.8. The Bertz CT molecular complexity index is 1270. The lowest BCUT2D eigenvalue weighted by Crippen LogP contribution is -2.42. The molecule has 1 saturated heterocycles. The van der Waals surface area contributed by atoms with Crippen LogP contribution < -0.4 is 20.1 Å². The highest BCUT2D eigenvalue weighted by Crippen LogP contribution is 2.36. The summed E-state index contributed by atoms with van der Waals surface area (Å²) in [6.07, 6.45) is 0.761. The van der Waals surface area contributed by atoms with Crippen molar-refractivity contribution in [1.29, 1.82) is 0 Å². The van der Waals surface area contributed by atoms with E-state index in [0.717, 1.165) is 22.1 Å². The zero-order valence-corrected chi connectivity index (χ0v) is 18.1. The third-order valence-electron chi connectivity index (χ3n) is 5.93. The monoisotopic (exact) mass is 445 g/mol. The van der Waals surface area contributed by atoms with Crippen molar-refractivity contribution in [2.45, 2.75) is 18.9 Å². The second-order valence-electron chi connectivity index (χ2n) is 8.27. The van der Waals surface area contributed by atoms with Gasteiger partial charge in [0, 0.05) is 12.1 Å². The number of nitrogens with zero attached hydrogens (tertiary/aromatic N) is 1. The molecule has 0 aromatic heterocycles. The SMILES string of the molecule is C[C@]1(c2ccc3c(c2)OCCCO3)NC(=O)N(CC(=O)Nc2ccc3ccccc3c2)C1=O. The van der Waals surface area contributed by atoms with Crippen LogP contribution in [0.3, 0.4) is 0 Å². The first kappa shape index (κ1) is 20.8. The van der Waals surface area contributed by atoms with Gasteiger partial charge in [-0.05, 0) is 47.5 Å². The van der Waals surface area contributed by atoms with Crippen LogP contribution in [0.4, 0.5) is 10.5 Å². The van der Waals surface area contributed by atoms with Crippen LogP contribution in [0.1, 0.15) is 18.9 Å². The van der Waals surface area contributed by atoms with Gasteiger partial charge in [-0.2, -0.15) is 0 Å². The molecule has 168 valence electrons. The summed E-state index contributed by atoms with van der Waals surface area (Å²) in [5, 5.41) is 7.52. The number of hydrogen-bond acceptors (Lipinski definition) is 5. The number of hydrogen-bond donors (Lipinski definition) is 2. The molecule has 2 heterocycles. The van der Waals surface area contributed by atoms with Gasteiger partial charge < -0.3 is 20.1 Å². The Morgan fingerprint density at radius 1 is 1.00 bits per heavy atom. The third kappa shape index (κ3) is 3.84. The van der Waals surface area contributed by atoms with Crippen molar-refractivity contribution >= 4 is 34.3 Å². The average Bonchev–Trinajstić information content (AvgIpc) is 2.97. The maximum absolute atomic E-state index is 13.2. The van der Waals surface area contributed by atoms with Gasteiger partial charge in [0.15, 0.2) is 11.5 Å². The number of anilines is 1. The van der Waals surface area contributed by atoms with Gasteiger partial charge in [0.25, 0.3) is 5.91 Å². The van der Waals surface area contributed by atoms with Gasteiger partial charge in [-0.25, -0.2) is 4.79 Å². The van der Waals surface area contributed by atoms with E-state index in [4.69, 9.17) is 9.47 Å². The van der Waals surface area contributed by atoms with Gasteiger partial charge in [-0.3, -0.25) is 14.5 Å². The molecule has 0 aliphatic carbocycles. The maximum Gasteiger partial charge on any atom is 0.325 e. The van der Waals surface area contributed by atoms with E-state index in [1.165, 1.54) is 0 Å². The Morgan fingerprint density at radius 3 is 2.58 bits per heavy atom. The molecular formula is C25H23N3O5. The minimum atomic E-state index is -1.31. The van der Waals surface area contributed by atoms with Crippen LogP contribution in [0.15, 0.2) is 60.7 Å². The average molecular weight is 445 g/mol.